The van der Waals surface area contributed by atoms with Gasteiger partial charge in [0.2, 0.25) is 0 Å². The highest BCUT2D eigenvalue weighted by atomic mass is 79.9. The normalized spacial score (nSPS) is 11.0. The van der Waals surface area contributed by atoms with E-state index >= 15 is 0 Å². The van der Waals surface area contributed by atoms with Crippen LogP contribution in [0.15, 0.2) is 86.7 Å². The Balaban J connectivity index is 1.31. The van der Waals surface area contributed by atoms with Crippen molar-refractivity contribution < 1.29 is 9.53 Å². The first-order valence-electron chi connectivity index (χ1n) is 10.1. The Morgan fingerprint density at radius 3 is 2.74 bits per heavy atom. The molecule has 0 aliphatic carbocycles. The van der Waals surface area contributed by atoms with Crippen molar-refractivity contribution in [1.82, 2.24) is 15.6 Å². The van der Waals surface area contributed by atoms with Crippen LogP contribution in [-0.4, -0.2) is 28.1 Å². The van der Waals surface area contributed by atoms with Gasteiger partial charge in [-0.05, 0) is 24.3 Å². The number of rotatable bonds is 9. The molecule has 0 bridgehead atoms. The van der Waals surface area contributed by atoms with Gasteiger partial charge in [-0.2, -0.15) is 5.10 Å². The first-order chi connectivity index (χ1) is 16.6. The first kappa shape index (κ1) is 24.4. The Morgan fingerprint density at radius 2 is 1.91 bits per heavy atom. The molecule has 6 nitrogen and oxygen atoms in total. The number of ether oxygens (including phenoxy) is 1. The summed E-state index contributed by atoms with van der Waals surface area (Å²) < 4.78 is 7.52. The van der Waals surface area contributed by atoms with E-state index in [1.807, 2.05) is 72.8 Å². The zero-order valence-corrected chi connectivity index (χ0v) is 21.6. The van der Waals surface area contributed by atoms with Crippen molar-refractivity contribution in [2.75, 3.05) is 5.75 Å². The van der Waals surface area contributed by atoms with E-state index in [-0.39, 0.29) is 11.7 Å². The molecular formula is C24H18BrClN4O2S2. The molecule has 0 atom stereocenters. The molecule has 0 radical (unpaired) electrons. The van der Waals surface area contributed by atoms with Gasteiger partial charge in [0.15, 0.2) is 4.34 Å². The number of hydrazone groups is 1. The molecule has 0 aliphatic heterocycles. The highest BCUT2D eigenvalue weighted by Crippen LogP contribution is 2.29. The molecule has 0 unspecified atom stereocenters. The summed E-state index contributed by atoms with van der Waals surface area (Å²) in [5, 5.41) is 13.9. The van der Waals surface area contributed by atoms with E-state index in [9.17, 15) is 4.79 Å². The van der Waals surface area contributed by atoms with Gasteiger partial charge in [0.25, 0.3) is 5.91 Å². The number of amides is 1. The third kappa shape index (κ3) is 6.89. The van der Waals surface area contributed by atoms with E-state index in [1.54, 1.807) is 6.21 Å². The molecule has 1 amide bonds. The smallest absolute Gasteiger partial charge is 0.250 e. The number of carbonyl (C=O) groups is 1. The number of aromatic nitrogens is 2. The van der Waals surface area contributed by atoms with Gasteiger partial charge in [0.05, 0.1) is 12.0 Å². The minimum atomic E-state index is -0.244. The second-order valence-electron chi connectivity index (χ2n) is 6.88. The summed E-state index contributed by atoms with van der Waals surface area (Å²) in [6.45, 7) is 0.317. The number of nitrogens with one attached hydrogen (secondary N) is 1. The summed E-state index contributed by atoms with van der Waals surface area (Å²) in [5.74, 6) is 0.554. The zero-order chi connectivity index (χ0) is 23.8. The van der Waals surface area contributed by atoms with Crippen molar-refractivity contribution in [3.05, 3.63) is 93.4 Å². The average molecular weight is 574 g/mol. The Bertz CT molecular complexity index is 1300. The lowest BCUT2D eigenvalue weighted by atomic mass is 10.2. The van der Waals surface area contributed by atoms with E-state index in [0.29, 0.717) is 22.9 Å². The van der Waals surface area contributed by atoms with Crippen LogP contribution in [0.1, 0.15) is 11.1 Å². The minimum absolute atomic E-state index is 0.176. The summed E-state index contributed by atoms with van der Waals surface area (Å²) in [4.78, 5) is 12.2. The van der Waals surface area contributed by atoms with Crippen molar-refractivity contribution in [2.24, 2.45) is 5.10 Å². The van der Waals surface area contributed by atoms with Crippen LogP contribution in [-0.2, 0) is 11.4 Å². The lowest BCUT2D eigenvalue weighted by molar-refractivity contribution is -0.118. The molecule has 1 N–H and O–H groups in total. The van der Waals surface area contributed by atoms with Gasteiger partial charge in [-0.15, -0.1) is 10.2 Å². The monoisotopic (exact) mass is 572 g/mol. The van der Waals surface area contributed by atoms with Crippen LogP contribution in [0.25, 0.3) is 10.6 Å². The number of benzene rings is 3. The summed E-state index contributed by atoms with van der Waals surface area (Å²) in [6.07, 6.45) is 1.55. The summed E-state index contributed by atoms with van der Waals surface area (Å²) in [6, 6.07) is 22.9. The average Bonchev–Trinajstić information content (AvgIpc) is 3.33. The fraction of sp³-hybridized carbons (Fsp3) is 0.0833. The van der Waals surface area contributed by atoms with Crippen LogP contribution in [0.4, 0.5) is 0 Å². The third-order valence-electron chi connectivity index (χ3n) is 4.46. The fourth-order valence-electron chi connectivity index (χ4n) is 2.82. The molecule has 0 fully saturated rings. The highest BCUT2D eigenvalue weighted by Gasteiger charge is 2.10. The number of hydrogen-bond donors (Lipinski definition) is 1. The molecule has 1 heterocycles. The fourth-order valence-corrected chi connectivity index (χ4v) is 5.04. The van der Waals surface area contributed by atoms with Crippen LogP contribution < -0.4 is 10.2 Å². The van der Waals surface area contributed by atoms with Crippen LogP contribution >= 0.6 is 50.6 Å². The Labute approximate surface area is 218 Å². The van der Waals surface area contributed by atoms with Gasteiger partial charge in [-0.3, -0.25) is 4.79 Å². The maximum atomic E-state index is 12.2. The number of nitrogens with zero attached hydrogens (tertiary/aromatic N) is 3. The van der Waals surface area contributed by atoms with Crippen LogP contribution in [0.2, 0.25) is 5.02 Å². The van der Waals surface area contributed by atoms with Crippen molar-refractivity contribution in [2.45, 2.75) is 10.9 Å². The van der Waals surface area contributed by atoms with Gasteiger partial charge in [-0.1, -0.05) is 99.2 Å². The number of hydrogen-bond acceptors (Lipinski definition) is 7. The Morgan fingerprint density at radius 1 is 1.12 bits per heavy atom. The van der Waals surface area contributed by atoms with Gasteiger partial charge in [0.1, 0.15) is 17.4 Å². The largest absolute Gasteiger partial charge is 0.488 e. The molecule has 1 aromatic heterocycles. The van der Waals surface area contributed by atoms with Gasteiger partial charge >= 0.3 is 0 Å². The molecule has 10 heteroatoms. The summed E-state index contributed by atoms with van der Waals surface area (Å²) in [5.41, 5.74) is 5.14. The topological polar surface area (TPSA) is 76.5 Å². The highest BCUT2D eigenvalue weighted by molar-refractivity contribution is 9.10. The lowest BCUT2D eigenvalue weighted by Crippen LogP contribution is -2.19. The summed E-state index contributed by atoms with van der Waals surface area (Å²) in [7, 11) is 0. The predicted octanol–water partition coefficient (Wildman–Crippen LogP) is 6.44. The number of carbonyl (C=O) groups excluding carboxylic acids is 1. The molecule has 0 saturated heterocycles. The molecule has 4 rings (SSSR count). The van der Waals surface area contributed by atoms with Crippen molar-refractivity contribution in [1.29, 1.82) is 0 Å². The molecule has 0 aliphatic rings. The van der Waals surface area contributed by atoms with Crippen molar-refractivity contribution in [3.63, 3.8) is 0 Å². The molecular weight excluding hydrogens is 556 g/mol. The SMILES string of the molecule is O=C(CSc1nnc(-c2ccccc2)s1)NN=Cc1cc(Br)ccc1OCc1ccccc1Cl. The van der Waals surface area contributed by atoms with Crippen LogP contribution in [0.3, 0.4) is 0 Å². The van der Waals surface area contributed by atoms with E-state index in [1.165, 1.54) is 23.1 Å². The third-order valence-corrected chi connectivity index (χ3v) is 7.43. The van der Waals surface area contributed by atoms with E-state index in [4.69, 9.17) is 16.3 Å². The molecule has 34 heavy (non-hydrogen) atoms. The standard InChI is InChI=1S/C24H18BrClN4O2S2/c25-19-10-11-21(32-14-17-8-4-5-9-20(17)26)18(12-19)13-27-28-22(31)15-33-24-30-29-23(34-24)16-6-2-1-3-7-16/h1-13H,14-15H2,(H,28,31). The summed E-state index contributed by atoms with van der Waals surface area (Å²) >= 11 is 12.4. The van der Waals surface area contributed by atoms with Crippen molar-refractivity contribution >= 4 is 62.8 Å². The maximum Gasteiger partial charge on any atom is 0.250 e. The Kier molecular flexibility index (Phi) is 8.70. The first-order valence-corrected chi connectivity index (χ1v) is 13.0. The molecule has 0 saturated carbocycles. The van der Waals surface area contributed by atoms with Crippen LogP contribution in [0, 0.1) is 0 Å². The van der Waals surface area contributed by atoms with Gasteiger partial charge < -0.3 is 4.74 Å². The quantitative estimate of drug-likeness (QED) is 0.142. The van der Waals surface area contributed by atoms with Crippen molar-refractivity contribution in [3.8, 4) is 16.3 Å². The second kappa shape index (κ2) is 12.1. The van der Waals surface area contributed by atoms with Gasteiger partial charge in [-0.25, -0.2) is 5.43 Å². The predicted molar refractivity (Wildman–Crippen MR) is 142 cm³/mol. The zero-order valence-electron chi connectivity index (χ0n) is 17.7. The number of halogens is 2. The minimum Gasteiger partial charge on any atom is -0.488 e. The van der Waals surface area contributed by atoms with E-state index in [2.05, 4.69) is 36.7 Å². The van der Waals surface area contributed by atoms with Gasteiger partial charge in [0, 0.05) is 26.2 Å². The molecule has 172 valence electrons. The van der Waals surface area contributed by atoms with E-state index < -0.39 is 0 Å². The molecule has 4 aromatic rings. The molecule has 0 spiro atoms. The molecule has 3 aromatic carbocycles. The lowest BCUT2D eigenvalue weighted by Gasteiger charge is -2.10. The Hall–Kier alpha value is -2.72. The maximum absolute atomic E-state index is 12.2. The number of thioether (sulfide) groups is 1. The second-order valence-corrected chi connectivity index (χ2v) is 10.4. The van der Waals surface area contributed by atoms with E-state index in [0.717, 1.165) is 24.9 Å². The van der Waals surface area contributed by atoms with Crippen LogP contribution in [0.5, 0.6) is 5.75 Å².